The van der Waals surface area contributed by atoms with Crippen molar-refractivity contribution in [2.24, 2.45) is 5.84 Å². The Bertz CT molecular complexity index is 346. The van der Waals surface area contributed by atoms with E-state index in [1.165, 1.54) is 6.33 Å². The van der Waals surface area contributed by atoms with Crippen LogP contribution >= 0.6 is 0 Å². The van der Waals surface area contributed by atoms with E-state index in [0.717, 1.165) is 31.7 Å². The number of hydrogen-bond acceptors (Lipinski definition) is 6. The molecule has 0 aromatic carbocycles. The fraction of sp³-hybridized carbons (Fsp3) is 0.600. The average molecular weight is 223 g/mol. The van der Waals surface area contributed by atoms with Gasteiger partial charge in [0.25, 0.3) is 0 Å². The summed E-state index contributed by atoms with van der Waals surface area (Å²) < 4.78 is 5.37. The lowest BCUT2D eigenvalue weighted by Gasteiger charge is -2.32. The smallest absolute Gasteiger partial charge is 0.145 e. The average Bonchev–Trinajstić information content (AvgIpc) is 2.39. The van der Waals surface area contributed by atoms with Crippen LogP contribution in [0.1, 0.15) is 12.8 Å². The van der Waals surface area contributed by atoms with Crippen molar-refractivity contribution in [2.45, 2.75) is 18.9 Å². The molecule has 0 radical (unpaired) electrons. The van der Waals surface area contributed by atoms with E-state index >= 15 is 0 Å². The minimum atomic E-state index is 0.290. The van der Waals surface area contributed by atoms with Gasteiger partial charge in [-0.15, -0.1) is 0 Å². The van der Waals surface area contributed by atoms with Crippen LogP contribution in [0.4, 0.5) is 11.6 Å². The van der Waals surface area contributed by atoms with Crippen LogP contribution < -0.4 is 16.2 Å². The molecule has 1 saturated heterocycles. The molecule has 6 nitrogen and oxygen atoms in total. The van der Waals surface area contributed by atoms with Crippen LogP contribution in [-0.2, 0) is 4.74 Å². The molecule has 1 unspecified atom stereocenters. The molecule has 1 aromatic rings. The molecule has 16 heavy (non-hydrogen) atoms. The number of nitrogens with one attached hydrogen (secondary N) is 1. The van der Waals surface area contributed by atoms with Crippen LogP contribution in [0.15, 0.2) is 12.4 Å². The summed E-state index contributed by atoms with van der Waals surface area (Å²) in [5.74, 6) is 6.84. The lowest BCUT2D eigenvalue weighted by molar-refractivity contribution is 0.0891. The minimum Gasteiger partial charge on any atom is -0.380 e. The van der Waals surface area contributed by atoms with Crippen molar-refractivity contribution in [3.63, 3.8) is 0 Å². The first-order chi connectivity index (χ1) is 7.83. The van der Waals surface area contributed by atoms with Gasteiger partial charge in [-0.25, -0.2) is 15.8 Å². The standard InChI is InChI=1S/C10H17N5O/c1-16-8-3-2-4-15(6-8)10-5-9(14-11)12-7-13-10/h5,7-8H,2-4,6,11H2,1H3,(H,12,13,14). The van der Waals surface area contributed by atoms with Crippen molar-refractivity contribution in [1.82, 2.24) is 9.97 Å². The van der Waals surface area contributed by atoms with Crippen molar-refractivity contribution >= 4 is 11.6 Å². The topological polar surface area (TPSA) is 76.3 Å². The lowest BCUT2D eigenvalue weighted by atomic mass is 10.1. The van der Waals surface area contributed by atoms with Crippen molar-refractivity contribution < 1.29 is 4.74 Å². The maximum atomic E-state index is 5.37. The van der Waals surface area contributed by atoms with Crippen LogP contribution in [0.25, 0.3) is 0 Å². The van der Waals surface area contributed by atoms with Gasteiger partial charge in [0.15, 0.2) is 0 Å². The summed E-state index contributed by atoms with van der Waals surface area (Å²) in [7, 11) is 1.75. The maximum Gasteiger partial charge on any atom is 0.145 e. The molecule has 2 heterocycles. The largest absolute Gasteiger partial charge is 0.380 e. The molecule has 6 heteroatoms. The Morgan fingerprint density at radius 1 is 1.56 bits per heavy atom. The minimum absolute atomic E-state index is 0.290. The number of nitrogen functional groups attached to an aromatic ring is 1. The highest BCUT2D eigenvalue weighted by Crippen LogP contribution is 2.20. The zero-order valence-corrected chi connectivity index (χ0v) is 9.39. The number of hydrazine groups is 1. The summed E-state index contributed by atoms with van der Waals surface area (Å²) in [6.45, 7) is 1.87. The second-order valence-corrected chi connectivity index (χ2v) is 3.85. The highest BCUT2D eigenvalue weighted by atomic mass is 16.5. The third kappa shape index (κ3) is 2.40. The molecule has 2 rings (SSSR count). The lowest BCUT2D eigenvalue weighted by Crippen LogP contribution is -2.39. The Kier molecular flexibility index (Phi) is 3.53. The fourth-order valence-electron chi connectivity index (χ4n) is 1.94. The number of piperidine rings is 1. The zero-order valence-electron chi connectivity index (χ0n) is 9.39. The molecular formula is C10H17N5O. The second-order valence-electron chi connectivity index (χ2n) is 3.85. The summed E-state index contributed by atoms with van der Waals surface area (Å²) in [5, 5.41) is 0. The molecule has 88 valence electrons. The van der Waals surface area contributed by atoms with Gasteiger partial charge in [0.1, 0.15) is 18.0 Å². The summed E-state index contributed by atoms with van der Waals surface area (Å²) in [6.07, 6.45) is 4.03. The third-order valence-corrected chi connectivity index (χ3v) is 2.84. The highest BCUT2D eigenvalue weighted by molar-refractivity contribution is 5.48. The van der Waals surface area contributed by atoms with E-state index in [2.05, 4.69) is 20.3 Å². The van der Waals surface area contributed by atoms with E-state index in [0.29, 0.717) is 5.82 Å². The summed E-state index contributed by atoms with van der Waals surface area (Å²) in [4.78, 5) is 10.4. The van der Waals surface area contributed by atoms with Gasteiger partial charge in [-0.2, -0.15) is 0 Å². The fourth-order valence-corrected chi connectivity index (χ4v) is 1.94. The van der Waals surface area contributed by atoms with E-state index < -0.39 is 0 Å². The summed E-state index contributed by atoms with van der Waals surface area (Å²) in [5.41, 5.74) is 2.52. The van der Waals surface area contributed by atoms with Gasteiger partial charge in [0, 0.05) is 26.3 Å². The Hall–Kier alpha value is -1.40. The van der Waals surface area contributed by atoms with Gasteiger partial charge < -0.3 is 15.1 Å². The number of anilines is 2. The monoisotopic (exact) mass is 223 g/mol. The van der Waals surface area contributed by atoms with E-state index in [1.807, 2.05) is 6.07 Å². The predicted octanol–water partition coefficient (Wildman–Crippen LogP) is 0.377. The molecule has 0 spiro atoms. The van der Waals surface area contributed by atoms with Gasteiger partial charge in [0.2, 0.25) is 0 Å². The van der Waals surface area contributed by atoms with Crippen LogP contribution in [0.2, 0.25) is 0 Å². The van der Waals surface area contributed by atoms with Gasteiger partial charge in [-0.05, 0) is 12.8 Å². The molecule has 1 aliphatic heterocycles. The Labute approximate surface area is 94.8 Å². The molecule has 0 saturated carbocycles. The van der Waals surface area contributed by atoms with Crippen LogP contribution in [0, 0.1) is 0 Å². The normalized spacial score (nSPS) is 20.9. The summed E-state index contributed by atoms with van der Waals surface area (Å²) >= 11 is 0. The van der Waals surface area contributed by atoms with E-state index in [1.54, 1.807) is 7.11 Å². The van der Waals surface area contributed by atoms with Crippen LogP contribution in [0.3, 0.4) is 0 Å². The third-order valence-electron chi connectivity index (χ3n) is 2.84. The van der Waals surface area contributed by atoms with Gasteiger partial charge in [-0.3, -0.25) is 0 Å². The van der Waals surface area contributed by atoms with E-state index in [4.69, 9.17) is 10.6 Å². The Morgan fingerprint density at radius 3 is 3.19 bits per heavy atom. The molecule has 0 bridgehead atoms. The summed E-state index contributed by atoms with van der Waals surface area (Å²) in [6, 6.07) is 1.85. The molecule has 1 atom stereocenters. The van der Waals surface area contributed by atoms with Gasteiger partial charge in [0.05, 0.1) is 6.10 Å². The van der Waals surface area contributed by atoms with Crippen LogP contribution in [0.5, 0.6) is 0 Å². The molecule has 1 aliphatic rings. The van der Waals surface area contributed by atoms with Crippen molar-refractivity contribution in [1.29, 1.82) is 0 Å². The molecule has 1 fully saturated rings. The number of hydrogen-bond donors (Lipinski definition) is 2. The number of nitrogens with zero attached hydrogens (tertiary/aromatic N) is 3. The number of aromatic nitrogens is 2. The van der Waals surface area contributed by atoms with E-state index in [9.17, 15) is 0 Å². The SMILES string of the molecule is COC1CCCN(c2cc(NN)ncn2)C1. The molecular weight excluding hydrogens is 206 g/mol. The number of rotatable bonds is 3. The number of nitrogens with two attached hydrogens (primary N) is 1. The molecule has 3 N–H and O–H groups in total. The van der Waals surface area contributed by atoms with Gasteiger partial charge >= 0.3 is 0 Å². The molecule has 1 aromatic heterocycles. The number of ether oxygens (including phenoxy) is 1. The first kappa shape index (κ1) is 11.1. The second kappa shape index (κ2) is 5.09. The predicted molar refractivity (Wildman–Crippen MR) is 62.1 cm³/mol. The first-order valence-electron chi connectivity index (χ1n) is 5.40. The Morgan fingerprint density at radius 2 is 2.44 bits per heavy atom. The molecule has 0 aliphatic carbocycles. The van der Waals surface area contributed by atoms with Gasteiger partial charge in [-0.1, -0.05) is 0 Å². The first-order valence-corrected chi connectivity index (χ1v) is 5.40. The number of methoxy groups -OCH3 is 1. The quantitative estimate of drug-likeness (QED) is 0.570. The maximum absolute atomic E-state index is 5.37. The molecule has 0 amide bonds. The Balaban J connectivity index is 2.10. The van der Waals surface area contributed by atoms with Crippen LogP contribution in [-0.4, -0.2) is 36.3 Å². The van der Waals surface area contributed by atoms with Crippen molar-refractivity contribution in [3.8, 4) is 0 Å². The van der Waals surface area contributed by atoms with Crippen molar-refractivity contribution in [3.05, 3.63) is 12.4 Å². The highest BCUT2D eigenvalue weighted by Gasteiger charge is 2.20. The van der Waals surface area contributed by atoms with E-state index in [-0.39, 0.29) is 6.10 Å². The van der Waals surface area contributed by atoms with Crippen molar-refractivity contribution in [2.75, 3.05) is 30.5 Å². The zero-order chi connectivity index (χ0) is 11.4.